The summed E-state index contributed by atoms with van der Waals surface area (Å²) in [7, 11) is 0. The first kappa shape index (κ1) is 12.4. The third kappa shape index (κ3) is 3.20. The molecule has 0 fully saturated rings. The van der Waals surface area contributed by atoms with Crippen LogP contribution in [-0.2, 0) is 12.8 Å². The number of nitrogens with two attached hydrogens (primary N) is 1. The first-order chi connectivity index (χ1) is 8.77. The van der Waals surface area contributed by atoms with Gasteiger partial charge in [-0.05, 0) is 30.4 Å². The van der Waals surface area contributed by atoms with Crippen LogP contribution in [0.25, 0.3) is 0 Å². The molecule has 0 atom stereocenters. The molecule has 0 unspecified atom stereocenters. The second kappa shape index (κ2) is 6.01. The molecule has 3 N–H and O–H groups in total. The van der Waals surface area contributed by atoms with Gasteiger partial charge in [-0.15, -0.1) is 0 Å². The zero-order chi connectivity index (χ0) is 12.8. The van der Waals surface area contributed by atoms with Crippen molar-refractivity contribution in [2.75, 3.05) is 0 Å². The fourth-order valence-electron chi connectivity index (χ4n) is 2.13. The van der Waals surface area contributed by atoms with Crippen molar-refractivity contribution < 1.29 is 0 Å². The van der Waals surface area contributed by atoms with Crippen molar-refractivity contribution in [1.82, 2.24) is 0 Å². The molecule has 0 aliphatic rings. The Bertz CT molecular complexity index is 518. The maximum atomic E-state index is 7.55. The Kier molecular flexibility index (Phi) is 4.13. The number of hydrogen-bond acceptors (Lipinski definition) is 1. The maximum absolute atomic E-state index is 7.55. The monoisotopic (exact) mass is 238 g/mol. The van der Waals surface area contributed by atoms with Gasteiger partial charge >= 0.3 is 0 Å². The summed E-state index contributed by atoms with van der Waals surface area (Å²) in [6.07, 6.45) is 3.10. The average molecular weight is 238 g/mol. The molecule has 0 spiro atoms. The Hall–Kier alpha value is -2.09. The Morgan fingerprint density at radius 3 is 2.28 bits per heavy atom. The predicted molar refractivity (Wildman–Crippen MR) is 75.9 cm³/mol. The van der Waals surface area contributed by atoms with Crippen molar-refractivity contribution in [2.24, 2.45) is 5.73 Å². The molecule has 0 aliphatic heterocycles. The zero-order valence-corrected chi connectivity index (χ0v) is 10.4. The largest absolute Gasteiger partial charge is 0.384 e. The molecule has 0 saturated carbocycles. The van der Waals surface area contributed by atoms with Gasteiger partial charge in [-0.25, -0.2) is 0 Å². The molecule has 2 rings (SSSR count). The van der Waals surface area contributed by atoms with Gasteiger partial charge in [-0.3, -0.25) is 5.41 Å². The lowest BCUT2D eigenvalue weighted by molar-refractivity contribution is 0.819. The molecule has 2 aromatic carbocycles. The van der Waals surface area contributed by atoms with E-state index in [4.69, 9.17) is 11.1 Å². The summed E-state index contributed by atoms with van der Waals surface area (Å²) in [5.41, 5.74) is 8.97. The molecule has 92 valence electrons. The van der Waals surface area contributed by atoms with E-state index in [0.29, 0.717) is 0 Å². The van der Waals surface area contributed by atoms with Crippen LogP contribution in [0, 0.1) is 5.41 Å². The number of amidine groups is 1. The lowest BCUT2D eigenvalue weighted by atomic mass is 9.99. The summed E-state index contributed by atoms with van der Waals surface area (Å²) in [4.78, 5) is 0. The number of nitrogen functional groups attached to an aromatic ring is 1. The van der Waals surface area contributed by atoms with Crippen molar-refractivity contribution in [3.8, 4) is 0 Å². The lowest BCUT2D eigenvalue weighted by Gasteiger charge is -2.07. The second-order valence-electron chi connectivity index (χ2n) is 4.41. The first-order valence-corrected chi connectivity index (χ1v) is 6.23. The van der Waals surface area contributed by atoms with Gasteiger partial charge < -0.3 is 5.73 Å². The molecule has 0 saturated heterocycles. The van der Waals surface area contributed by atoms with Crippen LogP contribution >= 0.6 is 0 Å². The number of benzene rings is 2. The molecular weight excluding hydrogens is 220 g/mol. The summed E-state index contributed by atoms with van der Waals surface area (Å²) in [5.74, 6) is 0.158. The zero-order valence-electron chi connectivity index (χ0n) is 10.4. The normalized spacial score (nSPS) is 10.2. The molecule has 0 bridgehead atoms. The SMILES string of the molecule is N=C(N)c1ccccc1CCCc1ccccc1. The molecule has 0 amide bonds. The van der Waals surface area contributed by atoms with E-state index < -0.39 is 0 Å². The average Bonchev–Trinajstić information content (AvgIpc) is 2.40. The molecule has 2 aromatic rings. The van der Waals surface area contributed by atoms with Gasteiger partial charge in [0.05, 0.1) is 0 Å². The van der Waals surface area contributed by atoms with Crippen LogP contribution in [-0.4, -0.2) is 5.84 Å². The lowest BCUT2D eigenvalue weighted by Crippen LogP contribution is -2.13. The minimum absolute atomic E-state index is 0.158. The molecular formula is C16H18N2. The summed E-state index contributed by atoms with van der Waals surface area (Å²) in [6.45, 7) is 0. The van der Waals surface area contributed by atoms with E-state index in [1.165, 1.54) is 11.1 Å². The van der Waals surface area contributed by atoms with E-state index >= 15 is 0 Å². The molecule has 0 aliphatic carbocycles. The van der Waals surface area contributed by atoms with Gasteiger partial charge in [0.1, 0.15) is 5.84 Å². The Morgan fingerprint density at radius 2 is 1.56 bits per heavy atom. The van der Waals surface area contributed by atoms with E-state index in [9.17, 15) is 0 Å². The molecule has 0 heterocycles. The van der Waals surface area contributed by atoms with Crippen molar-refractivity contribution in [1.29, 1.82) is 5.41 Å². The topological polar surface area (TPSA) is 49.9 Å². The molecule has 2 heteroatoms. The fourth-order valence-corrected chi connectivity index (χ4v) is 2.13. The van der Waals surface area contributed by atoms with Crippen molar-refractivity contribution in [3.63, 3.8) is 0 Å². The molecule has 18 heavy (non-hydrogen) atoms. The Morgan fingerprint density at radius 1 is 0.889 bits per heavy atom. The van der Waals surface area contributed by atoms with Gasteiger partial charge in [0.2, 0.25) is 0 Å². The minimum atomic E-state index is 0.158. The van der Waals surface area contributed by atoms with E-state index in [2.05, 4.69) is 30.3 Å². The van der Waals surface area contributed by atoms with E-state index in [1.807, 2.05) is 24.3 Å². The second-order valence-corrected chi connectivity index (χ2v) is 4.41. The molecule has 2 nitrogen and oxygen atoms in total. The summed E-state index contributed by atoms with van der Waals surface area (Å²) >= 11 is 0. The highest BCUT2D eigenvalue weighted by atomic mass is 14.7. The van der Waals surface area contributed by atoms with Crippen LogP contribution in [0.4, 0.5) is 0 Å². The first-order valence-electron chi connectivity index (χ1n) is 6.23. The van der Waals surface area contributed by atoms with Crippen LogP contribution in [0.5, 0.6) is 0 Å². The van der Waals surface area contributed by atoms with E-state index in [-0.39, 0.29) is 5.84 Å². The summed E-state index contributed by atoms with van der Waals surface area (Å²) in [5, 5.41) is 7.55. The standard InChI is InChI=1S/C16H18N2/c17-16(18)15-12-5-4-10-14(15)11-6-9-13-7-2-1-3-8-13/h1-5,7-8,10,12H,6,9,11H2,(H3,17,18). The number of rotatable bonds is 5. The highest BCUT2D eigenvalue weighted by Crippen LogP contribution is 2.12. The highest BCUT2D eigenvalue weighted by Gasteiger charge is 2.03. The predicted octanol–water partition coefficient (Wildman–Crippen LogP) is 3.15. The van der Waals surface area contributed by atoms with Crippen LogP contribution in [0.1, 0.15) is 23.1 Å². The Labute approximate surface area is 108 Å². The van der Waals surface area contributed by atoms with E-state index in [1.54, 1.807) is 0 Å². The third-order valence-corrected chi connectivity index (χ3v) is 3.06. The summed E-state index contributed by atoms with van der Waals surface area (Å²) < 4.78 is 0. The van der Waals surface area contributed by atoms with Crippen LogP contribution in [0.2, 0.25) is 0 Å². The van der Waals surface area contributed by atoms with Crippen LogP contribution < -0.4 is 5.73 Å². The van der Waals surface area contributed by atoms with Crippen molar-refractivity contribution in [2.45, 2.75) is 19.3 Å². The van der Waals surface area contributed by atoms with Crippen LogP contribution in [0.3, 0.4) is 0 Å². The smallest absolute Gasteiger partial charge is 0.123 e. The minimum Gasteiger partial charge on any atom is -0.384 e. The Balaban J connectivity index is 1.97. The summed E-state index contributed by atoms with van der Waals surface area (Å²) in [6, 6.07) is 18.4. The van der Waals surface area contributed by atoms with Gasteiger partial charge in [-0.2, -0.15) is 0 Å². The molecule has 0 radical (unpaired) electrons. The number of aryl methyl sites for hydroxylation is 2. The van der Waals surface area contributed by atoms with E-state index in [0.717, 1.165) is 24.8 Å². The number of hydrogen-bond donors (Lipinski definition) is 2. The van der Waals surface area contributed by atoms with Gasteiger partial charge in [0.15, 0.2) is 0 Å². The van der Waals surface area contributed by atoms with Crippen molar-refractivity contribution >= 4 is 5.84 Å². The van der Waals surface area contributed by atoms with Crippen LogP contribution in [0.15, 0.2) is 54.6 Å². The highest BCUT2D eigenvalue weighted by molar-refractivity contribution is 5.96. The molecule has 0 aromatic heterocycles. The fraction of sp³-hybridized carbons (Fsp3) is 0.188. The van der Waals surface area contributed by atoms with Gasteiger partial charge in [0, 0.05) is 5.56 Å². The maximum Gasteiger partial charge on any atom is 0.123 e. The quantitative estimate of drug-likeness (QED) is 0.610. The third-order valence-electron chi connectivity index (χ3n) is 3.06. The van der Waals surface area contributed by atoms with Gasteiger partial charge in [0.25, 0.3) is 0 Å². The van der Waals surface area contributed by atoms with Gasteiger partial charge in [-0.1, -0.05) is 54.6 Å². The van der Waals surface area contributed by atoms with Crippen molar-refractivity contribution in [3.05, 3.63) is 71.3 Å². The number of nitrogens with one attached hydrogen (secondary N) is 1.